The fourth-order valence-electron chi connectivity index (χ4n) is 0.978. The molecule has 0 atom stereocenters. The normalized spacial score (nSPS) is 10.2. The quantitative estimate of drug-likeness (QED) is 0.529. The maximum atomic E-state index is 5.59. The van der Waals surface area contributed by atoms with Crippen LogP contribution in [0.3, 0.4) is 0 Å². The van der Waals surface area contributed by atoms with Gasteiger partial charge in [0, 0.05) is 16.5 Å². The maximum absolute atomic E-state index is 5.59. The minimum absolute atomic E-state index is 0.722. The Balaban J connectivity index is 2.53. The highest BCUT2D eigenvalue weighted by Crippen LogP contribution is 2.18. The lowest BCUT2D eigenvalue weighted by molar-refractivity contribution is 1.13. The number of thioether (sulfide) groups is 1. The van der Waals surface area contributed by atoms with E-state index in [9.17, 15) is 0 Å². The van der Waals surface area contributed by atoms with E-state index in [-0.39, 0.29) is 0 Å². The topological polar surface area (TPSA) is 0 Å². The Morgan fingerprint density at radius 3 is 2.42 bits per heavy atom. The Kier molecular flexibility index (Phi) is 4.55. The Morgan fingerprint density at radius 1 is 1.25 bits per heavy atom. The van der Waals surface area contributed by atoms with Crippen LogP contribution in [0.25, 0.3) is 0 Å². The van der Waals surface area contributed by atoms with Crippen molar-refractivity contribution in [1.82, 2.24) is 0 Å². The van der Waals surface area contributed by atoms with E-state index >= 15 is 0 Å². The maximum Gasteiger partial charge on any atom is 0.0317 e. The second kappa shape index (κ2) is 5.50. The van der Waals surface area contributed by atoms with Crippen LogP contribution in [0.5, 0.6) is 0 Å². The zero-order valence-electron chi connectivity index (χ0n) is 7.22. The molecule has 0 heterocycles. The molecular formula is C10H13ClS. The Labute approximate surface area is 83.3 Å². The number of aryl methyl sites for hydroxylation is 1. The minimum Gasteiger partial charge on any atom is -0.126 e. The van der Waals surface area contributed by atoms with Gasteiger partial charge in [-0.25, -0.2) is 0 Å². The molecule has 0 nitrogen and oxygen atoms in total. The van der Waals surface area contributed by atoms with Gasteiger partial charge in [-0.2, -0.15) is 0 Å². The fraction of sp³-hybridized carbons (Fsp3) is 0.400. The summed E-state index contributed by atoms with van der Waals surface area (Å²) in [4.78, 5) is 1.31. The molecule has 0 aliphatic carbocycles. The van der Waals surface area contributed by atoms with Crippen molar-refractivity contribution >= 4 is 23.4 Å². The van der Waals surface area contributed by atoms with Crippen molar-refractivity contribution < 1.29 is 0 Å². The minimum atomic E-state index is 0.722. The van der Waals surface area contributed by atoms with E-state index in [0.29, 0.717) is 0 Å². The number of benzene rings is 1. The summed E-state index contributed by atoms with van der Waals surface area (Å²) < 4.78 is 0. The van der Waals surface area contributed by atoms with Gasteiger partial charge in [0.1, 0.15) is 0 Å². The lowest BCUT2D eigenvalue weighted by Crippen LogP contribution is -1.81. The van der Waals surface area contributed by atoms with Crippen LogP contribution >= 0.6 is 23.4 Å². The Bertz CT molecular complexity index is 218. The van der Waals surface area contributed by atoms with Crippen molar-refractivity contribution in [1.29, 1.82) is 0 Å². The summed E-state index contributed by atoms with van der Waals surface area (Å²) >= 11 is 7.40. The molecule has 1 aromatic carbocycles. The summed E-state index contributed by atoms with van der Waals surface area (Å²) in [5.41, 5.74) is 1.39. The Morgan fingerprint density at radius 2 is 1.92 bits per heavy atom. The van der Waals surface area contributed by atoms with Crippen LogP contribution in [0.2, 0.25) is 0 Å². The van der Waals surface area contributed by atoms with E-state index in [1.807, 2.05) is 11.8 Å². The average Bonchev–Trinajstić information content (AvgIpc) is 2.15. The molecule has 1 rings (SSSR count). The molecule has 66 valence electrons. The standard InChI is InChI=1S/C10H13ClS/c1-2-9-3-5-10(6-4-9)12-8-7-11/h3-6H,2,7-8H2,1H3. The van der Waals surface area contributed by atoms with Gasteiger partial charge in [-0.05, 0) is 24.1 Å². The van der Waals surface area contributed by atoms with Gasteiger partial charge in [0.2, 0.25) is 0 Å². The second-order valence-electron chi connectivity index (χ2n) is 2.53. The third-order valence-electron chi connectivity index (χ3n) is 1.68. The van der Waals surface area contributed by atoms with E-state index in [4.69, 9.17) is 11.6 Å². The smallest absolute Gasteiger partial charge is 0.0317 e. The molecule has 0 aliphatic rings. The van der Waals surface area contributed by atoms with Gasteiger partial charge in [0.25, 0.3) is 0 Å². The monoisotopic (exact) mass is 200 g/mol. The molecule has 1 aromatic rings. The summed E-state index contributed by atoms with van der Waals surface area (Å²) in [5, 5.41) is 0. The van der Waals surface area contributed by atoms with Gasteiger partial charge in [-0.1, -0.05) is 19.1 Å². The first-order valence-electron chi connectivity index (χ1n) is 4.14. The van der Waals surface area contributed by atoms with Crippen molar-refractivity contribution in [3.63, 3.8) is 0 Å². The third-order valence-corrected chi connectivity index (χ3v) is 3.10. The van der Waals surface area contributed by atoms with Gasteiger partial charge < -0.3 is 0 Å². The van der Waals surface area contributed by atoms with Crippen LogP contribution in [0, 0.1) is 0 Å². The molecule has 0 saturated heterocycles. The van der Waals surface area contributed by atoms with E-state index in [1.165, 1.54) is 10.5 Å². The van der Waals surface area contributed by atoms with Gasteiger partial charge >= 0.3 is 0 Å². The van der Waals surface area contributed by atoms with E-state index in [0.717, 1.165) is 18.1 Å². The highest BCUT2D eigenvalue weighted by atomic mass is 35.5. The summed E-state index contributed by atoms with van der Waals surface area (Å²) in [6.45, 7) is 2.17. The molecule has 0 N–H and O–H groups in total. The van der Waals surface area contributed by atoms with Crippen LogP contribution in [-0.2, 0) is 6.42 Å². The summed E-state index contributed by atoms with van der Waals surface area (Å²) in [6.07, 6.45) is 1.11. The van der Waals surface area contributed by atoms with Crippen LogP contribution in [0.15, 0.2) is 29.2 Å². The molecule has 2 heteroatoms. The highest BCUT2D eigenvalue weighted by molar-refractivity contribution is 7.99. The van der Waals surface area contributed by atoms with Gasteiger partial charge in [-0.3, -0.25) is 0 Å². The third kappa shape index (κ3) is 3.08. The molecule has 0 amide bonds. The SMILES string of the molecule is CCc1ccc(SCCCl)cc1. The van der Waals surface area contributed by atoms with Crippen molar-refractivity contribution in [2.75, 3.05) is 11.6 Å². The van der Waals surface area contributed by atoms with E-state index in [1.54, 1.807) is 0 Å². The largest absolute Gasteiger partial charge is 0.126 e. The van der Waals surface area contributed by atoms with Crippen LogP contribution in [-0.4, -0.2) is 11.6 Å². The first-order valence-corrected chi connectivity index (χ1v) is 5.66. The van der Waals surface area contributed by atoms with Gasteiger partial charge in [-0.15, -0.1) is 23.4 Å². The molecule has 12 heavy (non-hydrogen) atoms. The first kappa shape index (κ1) is 9.94. The lowest BCUT2D eigenvalue weighted by Gasteiger charge is -2.00. The lowest BCUT2D eigenvalue weighted by atomic mass is 10.2. The molecule has 0 spiro atoms. The van der Waals surface area contributed by atoms with Crippen molar-refractivity contribution in [2.45, 2.75) is 18.2 Å². The molecule has 0 bridgehead atoms. The molecule has 0 radical (unpaired) electrons. The van der Waals surface area contributed by atoms with Crippen LogP contribution in [0.1, 0.15) is 12.5 Å². The number of alkyl halides is 1. The second-order valence-corrected chi connectivity index (χ2v) is 4.08. The molecule has 0 unspecified atom stereocenters. The molecule has 0 aliphatic heterocycles. The Hall–Kier alpha value is -0.140. The van der Waals surface area contributed by atoms with Crippen LogP contribution < -0.4 is 0 Å². The summed E-state index contributed by atoms with van der Waals surface area (Å²) in [6, 6.07) is 8.68. The number of hydrogen-bond acceptors (Lipinski definition) is 1. The van der Waals surface area contributed by atoms with Crippen molar-refractivity contribution in [2.24, 2.45) is 0 Å². The molecule has 0 saturated carbocycles. The zero-order valence-corrected chi connectivity index (χ0v) is 8.79. The number of hydrogen-bond donors (Lipinski definition) is 0. The van der Waals surface area contributed by atoms with E-state index < -0.39 is 0 Å². The predicted octanol–water partition coefficient (Wildman–Crippen LogP) is 3.58. The highest BCUT2D eigenvalue weighted by Gasteiger charge is 1.92. The molecular weight excluding hydrogens is 188 g/mol. The first-order chi connectivity index (χ1) is 5.86. The van der Waals surface area contributed by atoms with Crippen molar-refractivity contribution in [3.8, 4) is 0 Å². The van der Waals surface area contributed by atoms with Gasteiger partial charge in [0.15, 0.2) is 0 Å². The van der Waals surface area contributed by atoms with Gasteiger partial charge in [0.05, 0.1) is 0 Å². The number of rotatable bonds is 4. The zero-order chi connectivity index (χ0) is 8.81. The van der Waals surface area contributed by atoms with Crippen LogP contribution in [0.4, 0.5) is 0 Å². The summed E-state index contributed by atoms with van der Waals surface area (Å²) in [5.74, 6) is 1.72. The average molecular weight is 201 g/mol. The molecule has 0 aromatic heterocycles. The molecule has 0 fully saturated rings. The van der Waals surface area contributed by atoms with E-state index in [2.05, 4.69) is 31.2 Å². The van der Waals surface area contributed by atoms with Crippen molar-refractivity contribution in [3.05, 3.63) is 29.8 Å². The summed E-state index contributed by atoms with van der Waals surface area (Å²) in [7, 11) is 0. The fourth-order valence-corrected chi connectivity index (χ4v) is 1.85. The predicted molar refractivity (Wildman–Crippen MR) is 57.3 cm³/mol. The number of halogens is 1.